The van der Waals surface area contributed by atoms with E-state index in [1.807, 2.05) is 0 Å². The molecule has 82 valence electrons. The van der Waals surface area contributed by atoms with E-state index in [1.54, 1.807) is 12.4 Å². The second-order valence-corrected chi connectivity index (χ2v) is 3.86. The van der Waals surface area contributed by atoms with E-state index in [0.717, 1.165) is 17.7 Å². The van der Waals surface area contributed by atoms with Crippen molar-refractivity contribution in [2.75, 3.05) is 6.61 Å². The summed E-state index contributed by atoms with van der Waals surface area (Å²) in [5, 5.41) is 0.455. The summed E-state index contributed by atoms with van der Waals surface area (Å²) in [6.45, 7) is 1.17. The Kier molecular flexibility index (Phi) is 2.34. The van der Waals surface area contributed by atoms with E-state index in [-0.39, 0.29) is 0 Å². The Morgan fingerprint density at radius 1 is 1.38 bits per heavy atom. The first-order chi connectivity index (χ1) is 7.84. The summed E-state index contributed by atoms with van der Waals surface area (Å²) >= 11 is 6.09. The van der Waals surface area contributed by atoms with Crippen molar-refractivity contribution in [1.82, 2.24) is 19.9 Å². The normalized spacial score (nSPS) is 14.8. The molecule has 0 aliphatic carbocycles. The number of nitrogens with zero attached hydrogens (tertiary/aromatic N) is 3. The van der Waals surface area contributed by atoms with Crippen LogP contribution < -0.4 is 0 Å². The van der Waals surface area contributed by atoms with E-state index < -0.39 is 0 Å². The molecule has 0 aromatic carbocycles. The van der Waals surface area contributed by atoms with Crippen LogP contribution in [0.15, 0.2) is 12.4 Å². The van der Waals surface area contributed by atoms with E-state index in [0.29, 0.717) is 30.0 Å². The van der Waals surface area contributed by atoms with Crippen LogP contribution in [0.5, 0.6) is 0 Å². The molecule has 2 aromatic heterocycles. The average molecular weight is 237 g/mol. The van der Waals surface area contributed by atoms with Crippen LogP contribution in [0.3, 0.4) is 0 Å². The molecule has 0 unspecified atom stereocenters. The van der Waals surface area contributed by atoms with Gasteiger partial charge in [-0.3, -0.25) is 0 Å². The van der Waals surface area contributed by atoms with Gasteiger partial charge in [0.2, 0.25) is 0 Å². The first-order valence-corrected chi connectivity index (χ1v) is 5.35. The fourth-order valence-corrected chi connectivity index (χ4v) is 1.93. The molecule has 3 rings (SSSR count). The number of halogens is 1. The number of imidazole rings is 1. The van der Waals surface area contributed by atoms with Crippen molar-refractivity contribution in [1.29, 1.82) is 0 Å². The maximum absolute atomic E-state index is 6.09. The summed E-state index contributed by atoms with van der Waals surface area (Å²) in [6, 6.07) is 0. The van der Waals surface area contributed by atoms with Gasteiger partial charge >= 0.3 is 0 Å². The smallest absolute Gasteiger partial charge is 0.197 e. The van der Waals surface area contributed by atoms with E-state index in [1.165, 1.54) is 0 Å². The molecule has 1 aliphatic heterocycles. The third kappa shape index (κ3) is 1.58. The molecule has 0 saturated heterocycles. The molecule has 0 amide bonds. The lowest BCUT2D eigenvalue weighted by molar-refractivity contribution is 0.109. The summed E-state index contributed by atoms with van der Waals surface area (Å²) in [5.41, 5.74) is 1.85. The Balaban J connectivity index is 2.12. The van der Waals surface area contributed by atoms with E-state index >= 15 is 0 Å². The Morgan fingerprint density at radius 2 is 2.31 bits per heavy atom. The molecule has 0 spiro atoms. The van der Waals surface area contributed by atoms with Crippen LogP contribution in [0.2, 0.25) is 5.15 Å². The highest BCUT2D eigenvalue weighted by Crippen LogP contribution is 2.24. The standard InChI is InChI=1S/C10H9ClN4O/c11-8-6-5-16-4-1-7(6)14-10(15-8)9-12-2-3-13-9/h2-3H,1,4-5H2,(H,12,13). The van der Waals surface area contributed by atoms with Crippen LogP contribution in [0.1, 0.15) is 11.3 Å². The summed E-state index contributed by atoms with van der Waals surface area (Å²) in [7, 11) is 0. The lowest BCUT2D eigenvalue weighted by Gasteiger charge is -2.16. The molecule has 16 heavy (non-hydrogen) atoms. The number of hydrogen-bond acceptors (Lipinski definition) is 4. The molecule has 2 aromatic rings. The average Bonchev–Trinajstić information content (AvgIpc) is 2.82. The Labute approximate surface area is 96.9 Å². The lowest BCUT2D eigenvalue weighted by atomic mass is 10.1. The van der Waals surface area contributed by atoms with Crippen molar-refractivity contribution in [3.63, 3.8) is 0 Å². The van der Waals surface area contributed by atoms with Crippen LogP contribution in [-0.2, 0) is 17.8 Å². The van der Waals surface area contributed by atoms with Crippen LogP contribution in [0, 0.1) is 0 Å². The highest BCUT2D eigenvalue weighted by Gasteiger charge is 2.18. The SMILES string of the molecule is Clc1nc(-c2ncc[nH]2)nc2c1COCC2. The van der Waals surface area contributed by atoms with Gasteiger partial charge in [0.1, 0.15) is 5.15 Å². The second kappa shape index (κ2) is 3.84. The molecule has 0 atom stereocenters. The molecule has 6 heteroatoms. The van der Waals surface area contributed by atoms with Crippen molar-refractivity contribution in [2.45, 2.75) is 13.0 Å². The van der Waals surface area contributed by atoms with E-state index in [2.05, 4.69) is 19.9 Å². The molecule has 3 heterocycles. The minimum Gasteiger partial charge on any atom is -0.376 e. The zero-order valence-electron chi connectivity index (χ0n) is 8.40. The number of fused-ring (bicyclic) bond motifs is 1. The van der Waals surface area contributed by atoms with Gasteiger partial charge in [-0.1, -0.05) is 11.6 Å². The molecule has 0 radical (unpaired) electrons. The molecular weight excluding hydrogens is 228 g/mol. The third-order valence-electron chi connectivity index (χ3n) is 2.48. The monoisotopic (exact) mass is 236 g/mol. The molecule has 0 saturated carbocycles. The molecule has 5 nitrogen and oxygen atoms in total. The van der Waals surface area contributed by atoms with Gasteiger partial charge < -0.3 is 9.72 Å². The molecule has 0 fully saturated rings. The summed E-state index contributed by atoms with van der Waals surface area (Å²) < 4.78 is 5.32. The third-order valence-corrected chi connectivity index (χ3v) is 2.79. The Hall–Kier alpha value is -1.46. The first-order valence-electron chi connectivity index (χ1n) is 4.97. The number of rotatable bonds is 1. The Morgan fingerprint density at radius 3 is 3.12 bits per heavy atom. The van der Waals surface area contributed by atoms with Crippen molar-refractivity contribution >= 4 is 11.6 Å². The fourth-order valence-electron chi connectivity index (χ4n) is 1.69. The first kappa shape index (κ1) is 9.74. The predicted octanol–water partition coefficient (Wildman–Crippen LogP) is 1.59. The molecule has 1 aliphatic rings. The van der Waals surface area contributed by atoms with Gasteiger partial charge in [-0.25, -0.2) is 15.0 Å². The van der Waals surface area contributed by atoms with Gasteiger partial charge in [0.15, 0.2) is 11.6 Å². The minimum atomic E-state index is 0.455. The second-order valence-electron chi connectivity index (χ2n) is 3.50. The number of nitrogens with one attached hydrogen (secondary N) is 1. The number of aromatic nitrogens is 4. The van der Waals surface area contributed by atoms with E-state index in [4.69, 9.17) is 16.3 Å². The molecule has 1 N–H and O–H groups in total. The Bertz CT molecular complexity index is 512. The summed E-state index contributed by atoms with van der Waals surface area (Å²) in [5.74, 6) is 1.17. The summed E-state index contributed by atoms with van der Waals surface area (Å²) in [4.78, 5) is 15.7. The fraction of sp³-hybridized carbons (Fsp3) is 0.300. The van der Waals surface area contributed by atoms with E-state index in [9.17, 15) is 0 Å². The van der Waals surface area contributed by atoms with Crippen LogP contribution in [-0.4, -0.2) is 26.5 Å². The van der Waals surface area contributed by atoms with Gasteiger partial charge in [0, 0.05) is 24.4 Å². The number of aromatic amines is 1. The largest absolute Gasteiger partial charge is 0.376 e. The maximum Gasteiger partial charge on any atom is 0.197 e. The minimum absolute atomic E-state index is 0.455. The van der Waals surface area contributed by atoms with Gasteiger partial charge in [-0.05, 0) is 0 Å². The van der Waals surface area contributed by atoms with Crippen molar-refractivity contribution in [3.8, 4) is 11.6 Å². The number of H-pyrrole nitrogens is 1. The van der Waals surface area contributed by atoms with Crippen LogP contribution >= 0.6 is 11.6 Å². The summed E-state index contributed by atoms with van der Waals surface area (Å²) in [6.07, 6.45) is 4.16. The molecular formula is C10H9ClN4O. The van der Waals surface area contributed by atoms with Gasteiger partial charge in [0.05, 0.1) is 18.9 Å². The highest BCUT2D eigenvalue weighted by molar-refractivity contribution is 6.30. The predicted molar refractivity (Wildman–Crippen MR) is 58.0 cm³/mol. The molecule has 0 bridgehead atoms. The number of hydrogen-bond donors (Lipinski definition) is 1. The van der Waals surface area contributed by atoms with Crippen molar-refractivity contribution in [2.24, 2.45) is 0 Å². The van der Waals surface area contributed by atoms with Crippen LogP contribution in [0.25, 0.3) is 11.6 Å². The van der Waals surface area contributed by atoms with Crippen LogP contribution in [0.4, 0.5) is 0 Å². The lowest BCUT2D eigenvalue weighted by Crippen LogP contribution is -2.14. The van der Waals surface area contributed by atoms with Gasteiger partial charge in [-0.2, -0.15) is 0 Å². The highest BCUT2D eigenvalue weighted by atomic mass is 35.5. The maximum atomic E-state index is 6.09. The quantitative estimate of drug-likeness (QED) is 0.764. The topological polar surface area (TPSA) is 63.7 Å². The zero-order chi connectivity index (χ0) is 11.0. The van der Waals surface area contributed by atoms with Gasteiger partial charge in [-0.15, -0.1) is 0 Å². The zero-order valence-corrected chi connectivity index (χ0v) is 9.16. The number of ether oxygens (including phenoxy) is 1. The van der Waals surface area contributed by atoms with Crippen molar-refractivity contribution in [3.05, 3.63) is 28.8 Å². The van der Waals surface area contributed by atoms with Crippen molar-refractivity contribution < 1.29 is 4.74 Å². The van der Waals surface area contributed by atoms with Gasteiger partial charge in [0.25, 0.3) is 0 Å².